The average molecular weight is 263 g/mol. The summed E-state index contributed by atoms with van der Waals surface area (Å²) < 4.78 is 10.3. The van der Waals surface area contributed by atoms with Crippen molar-refractivity contribution in [1.29, 1.82) is 0 Å². The minimum Gasteiger partial charge on any atom is -0.374 e. The van der Waals surface area contributed by atoms with Gasteiger partial charge in [0, 0.05) is 6.07 Å². The van der Waals surface area contributed by atoms with Crippen molar-refractivity contribution in [2.75, 3.05) is 0 Å². The third-order valence-corrected chi connectivity index (χ3v) is 4.31. The second kappa shape index (κ2) is 3.80. The summed E-state index contributed by atoms with van der Waals surface area (Å²) >= 11 is 0. The van der Waals surface area contributed by atoms with Gasteiger partial charge in [-0.25, -0.2) is 0 Å². The van der Waals surface area contributed by atoms with Crippen molar-refractivity contribution < 1.29 is 18.8 Å². The van der Waals surface area contributed by atoms with Gasteiger partial charge in [-0.1, -0.05) is 5.16 Å². The fourth-order valence-electron chi connectivity index (χ4n) is 3.31. The molecular weight excluding hydrogens is 250 g/mol. The lowest BCUT2D eigenvalue weighted by Crippen LogP contribution is -2.47. The molecule has 5 atom stereocenters. The predicted molar refractivity (Wildman–Crippen MR) is 60.5 cm³/mol. The summed E-state index contributed by atoms with van der Waals surface area (Å²) in [5.74, 6) is 0.413. The van der Waals surface area contributed by atoms with E-state index in [-0.39, 0.29) is 29.7 Å². The third kappa shape index (κ3) is 1.65. The molecule has 0 aromatic carbocycles. The molecule has 2 bridgehead atoms. The van der Waals surface area contributed by atoms with Gasteiger partial charge in [0.15, 0.2) is 5.69 Å². The van der Waals surface area contributed by atoms with Crippen LogP contribution >= 0.6 is 0 Å². The third-order valence-electron chi connectivity index (χ3n) is 4.31. The number of nitrogens with zero attached hydrogens (tertiary/aromatic N) is 1. The normalized spacial score (nSPS) is 37.8. The molecule has 7 nitrogen and oxygen atoms in total. The molecule has 3 heterocycles. The van der Waals surface area contributed by atoms with E-state index >= 15 is 0 Å². The van der Waals surface area contributed by atoms with Crippen LogP contribution in [0.25, 0.3) is 0 Å². The van der Waals surface area contributed by atoms with Crippen LogP contribution < -0.4 is 10.9 Å². The van der Waals surface area contributed by atoms with Gasteiger partial charge in [-0.05, 0) is 24.7 Å². The van der Waals surface area contributed by atoms with Gasteiger partial charge in [0.05, 0.1) is 18.1 Å². The van der Waals surface area contributed by atoms with Gasteiger partial charge < -0.3 is 9.26 Å². The molecule has 4 rings (SSSR count). The zero-order valence-corrected chi connectivity index (χ0v) is 10.0. The van der Waals surface area contributed by atoms with E-state index in [4.69, 9.17) is 4.74 Å². The molecule has 2 aliphatic heterocycles. The molecule has 1 aromatic heterocycles. The molecule has 3 fully saturated rings. The van der Waals surface area contributed by atoms with Crippen molar-refractivity contribution in [3.63, 3.8) is 0 Å². The minimum absolute atomic E-state index is 0.0407. The van der Waals surface area contributed by atoms with E-state index < -0.39 is 5.91 Å². The molecule has 3 aliphatic rings. The van der Waals surface area contributed by atoms with Gasteiger partial charge in [0.25, 0.3) is 5.91 Å². The average Bonchev–Trinajstić information content (AvgIpc) is 2.85. The van der Waals surface area contributed by atoms with E-state index in [0.29, 0.717) is 11.8 Å². The van der Waals surface area contributed by atoms with Crippen molar-refractivity contribution in [3.8, 4) is 0 Å². The Morgan fingerprint density at radius 1 is 1.26 bits per heavy atom. The topological polar surface area (TPSA) is 93.5 Å². The molecule has 0 spiro atoms. The van der Waals surface area contributed by atoms with Crippen LogP contribution in [0.15, 0.2) is 16.9 Å². The summed E-state index contributed by atoms with van der Waals surface area (Å²) in [6, 6.07) is 1.43. The number of rotatable bonds is 2. The summed E-state index contributed by atoms with van der Waals surface area (Å²) in [5.41, 5.74) is 4.90. The van der Waals surface area contributed by atoms with Crippen molar-refractivity contribution in [2.24, 2.45) is 17.8 Å². The lowest BCUT2D eigenvalue weighted by Gasteiger charge is -2.17. The van der Waals surface area contributed by atoms with Gasteiger partial charge in [-0.2, -0.15) is 0 Å². The number of carbonyl (C=O) groups excluding carboxylic acids is 2. The van der Waals surface area contributed by atoms with Crippen LogP contribution in [0, 0.1) is 17.8 Å². The lowest BCUT2D eigenvalue weighted by molar-refractivity contribution is -0.127. The number of hydrogen-bond donors (Lipinski definition) is 2. The Hall–Kier alpha value is -1.89. The first-order valence-electron chi connectivity index (χ1n) is 6.40. The SMILES string of the molecule is O=C(NNC(=O)[C@@H]1C[C@@H]2O[C@H]1[C@H]1C[C@H]12)c1ccon1. The van der Waals surface area contributed by atoms with Crippen molar-refractivity contribution >= 4 is 11.8 Å². The van der Waals surface area contributed by atoms with Gasteiger partial charge in [0.1, 0.15) is 6.26 Å². The Morgan fingerprint density at radius 3 is 2.84 bits per heavy atom. The Balaban J connectivity index is 1.34. The van der Waals surface area contributed by atoms with Crippen LogP contribution in [0.5, 0.6) is 0 Å². The van der Waals surface area contributed by atoms with Crippen LogP contribution in [0.2, 0.25) is 0 Å². The quantitative estimate of drug-likeness (QED) is 0.724. The maximum atomic E-state index is 12.0. The van der Waals surface area contributed by atoms with E-state index in [1.54, 1.807) is 0 Å². The molecule has 100 valence electrons. The maximum absolute atomic E-state index is 12.0. The molecule has 19 heavy (non-hydrogen) atoms. The fourth-order valence-corrected chi connectivity index (χ4v) is 3.31. The first kappa shape index (κ1) is 11.0. The van der Waals surface area contributed by atoms with Crippen LogP contribution in [0.4, 0.5) is 0 Å². The predicted octanol–water partition coefficient (Wildman–Crippen LogP) is -0.141. The maximum Gasteiger partial charge on any atom is 0.291 e. The van der Waals surface area contributed by atoms with E-state index in [0.717, 1.165) is 6.42 Å². The highest BCUT2D eigenvalue weighted by atomic mass is 16.5. The zero-order chi connectivity index (χ0) is 13.0. The summed E-state index contributed by atoms with van der Waals surface area (Å²) in [7, 11) is 0. The molecule has 7 heteroatoms. The number of aromatic nitrogens is 1. The van der Waals surface area contributed by atoms with Gasteiger partial charge >= 0.3 is 0 Å². The second-order valence-corrected chi connectivity index (χ2v) is 5.37. The highest BCUT2D eigenvalue weighted by Crippen LogP contribution is 2.60. The van der Waals surface area contributed by atoms with E-state index in [1.807, 2.05) is 0 Å². The van der Waals surface area contributed by atoms with Crippen LogP contribution in [-0.2, 0) is 9.53 Å². The highest BCUT2D eigenvalue weighted by molar-refractivity contribution is 5.93. The van der Waals surface area contributed by atoms with Crippen LogP contribution in [0.1, 0.15) is 23.3 Å². The number of ether oxygens (including phenoxy) is 1. The molecule has 2 amide bonds. The van der Waals surface area contributed by atoms with Crippen LogP contribution in [0.3, 0.4) is 0 Å². The largest absolute Gasteiger partial charge is 0.374 e. The molecule has 2 N–H and O–H groups in total. The van der Waals surface area contributed by atoms with Crippen molar-refractivity contribution in [2.45, 2.75) is 25.0 Å². The summed E-state index contributed by atoms with van der Waals surface area (Å²) in [5, 5.41) is 3.49. The standard InChI is InChI=1S/C12H13N3O4/c16-11(13-14-12(17)8-1-2-18-15-8)7-4-9-5-3-6(5)10(7)19-9/h1-2,5-7,9-10H,3-4H2,(H,13,16)(H,14,17)/t5-,6+,7-,9+,10+/m1/s1. The Bertz CT molecular complexity index is 529. The zero-order valence-electron chi connectivity index (χ0n) is 10.0. The Labute approximate surface area is 108 Å². The second-order valence-electron chi connectivity index (χ2n) is 5.37. The molecule has 0 unspecified atom stereocenters. The van der Waals surface area contributed by atoms with Gasteiger partial charge in [-0.15, -0.1) is 0 Å². The number of hydrogen-bond acceptors (Lipinski definition) is 5. The lowest BCUT2D eigenvalue weighted by atomic mass is 9.89. The summed E-state index contributed by atoms with van der Waals surface area (Å²) in [6.45, 7) is 0. The van der Waals surface area contributed by atoms with Crippen molar-refractivity contribution in [3.05, 3.63) is 18.0 Å². The van der Waals surface area contributed by atoms with Crippen LogP contribution in [-0.4, -0.2) is 29.2 Å². The van der Waals surface area contributed by atoms with Crippen molar-refractivity contribution in [1.82, 2.24) is 16.0 Å². The number of carbonyl (C=O) groups is 2. The Morgan fingerprint density at radius 2 is 2.16 bits per heavy atom. The highest BCUT2D eigenvalue weighted by Gasteiger charge is 2.64. The van der Waals surface area contributed by atoms with Gasteiger partial charge in [-0.3, -0.25) is 20.4 Å². The number of nitrogens with one attached hydrogen (secondary N) is 2. The Kier molecular flexibility index (Phi) is 2.20. The molecule has 2 saturated heterocycles. The number of amides is 2. The molecule has 1 aliphatic carbocycles. The first-order chi connectivity index (χ1) is 9.24. The minimum atomic E-state index is -0.490. The molecule has 1 aromatic rings. The number of fused-ring (bicyclic) bond motifs is 5. The fraction of sp³-hybridized carbons (Fsp3) is 0.583. The van der Waals surface area contributed by atoms with Gasteiger partial charge in [0.2, 0.25) is 5.91 Å². The smallest absolute Gasteiger partial charge is 0.291 e. The van der Waals surface area contributed by atoms with E-state index in [1.165, 1.54) is 18.8 Å². The first-order valence-corrected chi connectivity index (χ1v) is 6.40. The monoisotopic (exact) mass is 263 g/mol. The van der Waals surface area contributed by atoms with E-state index in [2.05, 4.69) is 20.5 Å². The summed E-state index contributed by atoms with van der Waals surface area (Å²) in [6.07, 6.45) is 3.53. The van der Waals surface area contributed by atoms with E-state index in [9.17, 15) is 9.59 Å². The molecule has 0 radical (unpaired) electrons. The molecule has 1 saturated carbocycles. The summed E-state index contributed by atoms with van der Waals surface area (Å²) in [4.78, 5) is 23.6. The molecular formula is C12H13N3O4. The number of hydrazine groups is 1.